The molecule has 1 aromatic carbocycles. The summed E-state index contributed by atoms with van der Waals surface area (Å²) in [6.07, 6.45) is 1.95. The molecule has 2 aromatic rings. The molecule has 0 aliphatic rings. The van der Waals surface area contributed by atoms with Crippen LogP contribution < -0.4 is 29.6 Å². The van der Waals surface area contributed by atoms with Gasteiger partial charge in [0.15, 0.2) is 0 Å². The van der Waals surface area contributed by atoms with Gasteiger partial charge in [0.1, 0.15) is 0 Å². The zero-order valence-electron chi connectivity index (χ0n) is 6.96. The first-order valence-corrected chi connectivity index (χ1v) is 2.99. The van der Waals surface area contributed by atoms with Gasteiger partial charge in [0.05, 0.1) is 0 Å². The molecule has 0 saturated heterocycles. The molecule has 10 heavy (non-hydrogen) atoms. The van der Waals surface area contributed by atoms with Gasteiger partial charge in [0.2, 0.25) is 0 Å². The van der Waals surface area contributed by atoms with Gasteiger partial charge < -0.3 is 6.41 Å². The van der Waals surface area contributed by atoms with Gasteiger partial charge in [-0.05, 0) is 17.5 Å². The first-order chi connectivity index (χ1) is 4.47. The van der Waals surface area contributed by atoms with Crippen molar-refractivity contribution in [2.24, 2.45) is 0 Å². The van der Waals surface area contributed by atoms with E-state index >= 15 is 0 Å². The Hall–Kier alpha value is -0.240. The first-order valence-electron chi connectivity index (χ1n) is 2.99. The van der Waals surface area contributed by atoms with Gasteiger partial charge in [-0.3, -0.25) is 0 Å². The minimum atomic E-state index is 0. The standard InChI is InChI=1S/C8H7N.Na.H/c1-2-4-8-7(3-1)5-6-9-8;;/h1-6,9H;;/q;+1;-1. The maximum Gasteiger partial charge on any atom is 1.00 e. The van der Waals surface area contributed by atoms with Crippen LogP contribution in [0.25, 0.3) is 10.9 Å². The number of benzene rings is 1. The van der Waals surface area contributed by atoms with Crippen LogP contribution in [0.5, 0.6) is 0 Å². The van der Waals surface area contributed by atoms with E-state index in [0.717, 1.165) is 0 Å². The number of H-pyrrole nitrogens is 1. The molecule has 0 unspecified atom stereocenters. The van der Waals surface area contributed by atoms with Crippen molar-refractivity contribution in [3.05, 3.63) is 36.5 Å². The second-order valence-electron chi connectivity index (χ2n) is 2.06. The molecule has 0 saturated carbocycles. The number of aromatic nitrogens is 1. The molecule has 1 heterocycles. The monoisotopic (exact) mass is 141 g/mol. The number of para-hydroxylation sites is 1. The van der Waals surface area contributed by atoms with Crippen LogP contribution in [0.1, 0.15) is 1.43 Å². The minimum absolute atomic E-state index is 0. The predicted octanol–water partition coefficient (Wildman–Crippen LogP) is -0.716. The van der Waals surface area contributed by atoms with E-state index in [2.05, 4.69) is 23.2 Å². The molecule has 0 amide bonds. The fraction of sp³-hybridized carbons (Fsp3) is 0. The van der Waals surface area contributed by atoms with E-state index in [4.69, 9.17) is 0 Å². The number of fused-ring (bicyclic) bond motifs is 1. The van der Waals surface area contributed by atoms with E-state index in [9.17, 15) is 0 Å². The number of aromatic amines is 1. The topological polar surface area (TPSA) is 15.8 Å². The summed E-state index contributed by atoms with van der Waals surface area (Å²) >= 11 is 0. The molecule has 2 heteroatoms. The number of hydrogen-bond acceptors (Lipinski definition) is 0. The third-order valence-electron chi connectivity index (χ3n) is 1.46. The maximum atomic E-state index is 3.12. The van der Waals surface area contributed by atoms with Crippen molar-refractivity contribution in [1.29, 1.82) is 0 Å². The summed E-state index contributed by atoms with van der Waals surface area (Å²) in [5.41, 5.74) is 1.21. The van der Waals surface area contributed by atoms with Gasteiger partial charge in [0.25, 0.3) is 0 Å². The number of rotatable bonds is 0. The Morgan fingerprint density at radius 2 is 1.90 bits per heavy atom. The van der Waals surface area contributed by atoms with Crippen molar-refractivity contribution in [3.63, 3.8) is 0 Å². The van der Waals surface area contributed by atoms with E-state index in [-0.39, 0.29) is 31.0 Å². The molecule has 0 radical (unpaired) electrons. The van der Waals surface area contributed by atoms with Crippen molar-refractivity contribution < 1.29 is 31.0 Å². The molecule has 0 atom stereocenters. The molecule has 0 fully saturated rings. The molecule has 2 rings (SSSR count). The second kappa shape index (κ2) is 3.24. The summed E-state index contributed by atoms with van der Waals surface area (Å²) in [4.78, 5) is 3.12. The fourth-order valence-corrected chi connectivity index (χ4v) is 0.995. The minimum Gasteiger partial charge on any atom is -1.00 e. The van der Waals surface area contributed by atoms with E-state index in [0.29, 0.717) is 0 Å². The van der Waals surface area contributed by atoms with Crippen LogP contribution in [0.15, 0.2) is 36.5 Å². The van der Waals surface area contributed by atoms with Crippen molar-refractivity contribution >= 4 is 10.9 Å². The average Bonchev–Trinajstić information content (AvgIpc) is 2.33. The summed E-state index contributed by atoms with van der Waals surface area (Å²) in [6.45, 7) is 0. The third kappa shape index (κ3) is 1.26. The summed E-state index contributed by atoms with van der Waals surface area (Å²) in [7, 11) is 0. The second-order valence-corrected chi connectivity index (χ2v) is 2.06. The molecule has 0 aliphatic carbocycles. The van der Waals surface area contributed by atoms with Crippen LogP contribution in [0.2, 0.25) is 0 Å². The molecule has 1 N–H and O–H groups in total. The zero-order valence-corrected chi connectivity index (χ0v) is 7.96. The Bertz CT molecular complexity index is 288. The van der Waals surface area contributed by atoms with E-state index in [1.807, 2.05) is 18.3 Å². The molecule has 1 aromatic heterocycles. The molecule has 0 aliphatic heterocycles. The zero-order chi connectivity index (χ0) is 6.10. The van der Waals surface area contributed by atoms with Crippen LogP contribution in [0.3, 0.4) is 0 Å². The largest absolute Gasteiger partial charge is 1.00 e. The van der Waals surface area contributed by atoms with Crippen LogP contribution >= 0.6 is 0 Å². The summed E-state index contributed by atoms with van der Waals surface area (Å²) in [6, 6.07) is 10.3. The van der Waals surface area contributed by atoms with E-state index < -0.39 is 0 Å². The van der Waals surface area contributed by atoms with Crippen LogP contribution in [-0.4, -0.2) is 4.98 Å². The van der Waals surface area contributed by atoms with Crippen LogP contribution in [-0.2, 0) is 0 Å². The molecular formula is C8H8NNa. The quantitative estimate of drug-likeness (QED) is 0.466. The molecule has 1 nitrogen and oxygen atoms in total. The van der Waals surface area contributed by atoms with Crippen LogP contribution in [0.4, 0.5) is 0 Å². The Labute approximate surface area is 83.2 Å². The van der Waals surface area contributed by atoms with Gasteiger partial charge in [-0.25, -0.2) is 0 Å². The molecule has 0 spiro atoms. The van der Waals surface area contributed by atoms with Crippen LogP contribution in [0, 0.1) is 0 Å². The molecule has 46 valence electrons. The third-order valence-corrected chi connectivity index (χ3v) is 1.46. The maximum absolute atomic E-state index is 3.12. The predicted molar refractivity (Wildman–Crippen MR) is 39.4 cm³/mol. The molecular weight excluding hydrogens is 133 g/mol. The Kier molecular flexibility index (Phi) is 2.55. The Balaban J connectivity index is 0.000000500. The Morgan fingerprint density at radius 1 is 1.10 bits per heavy atom. The van der Waals surface area contributed by atoms with Gasteiger partial charge >= 0.3 is 29.6 Å². The molecule has 0 bridgehead atoms. The van der Waals surface area contributed by atoms with Gasteiger partial charge in [0, 0.05) is 11.7 Å². The van der Waals surface area contributed by atoms with Gasteiger partial charge in [-0.2, -0.15) is 0 Å². The smallest absolute Gasteiger partial charge is 1.00 e. The van der Waals surface area contributed by atoms with Crippen molar-refractivity contribution in [1.82, 2.24) is 4.98 Å². The SMILES string of the molecule is [H-].[Na+].c1ccc2[nH]ccc2c1. The summed E-state index contributed by atoms with van der Waals surface area (Å²) < 4.78 is 0. The van der Waals surface area contributed by atoms with Gasteiger partial charge in [-0.15, -0.1) is 0 Å². The first kappa shape index (κ1) is 7.86. The number of hydrogen-bond donors (Lipinski definition) is 1. The normalized spacial score (nSPS) is 9.20. The average molecular weight is 141 g/mol. The summed E-state index contributed by atoms with van der Waals surface area (Å²) in [5, 5.41) is 1.28. The Morgan fingerprint density at radius 3 is 2.70 bits per heavy atom. The van der Waals surface area contributed by atoms with E-state index in [1.165, 1.54) is 10.9 Å². The summed E-state index contributed by atoms with van der Waals surface area (Å²) in [5.74, 6) is 0. The van der Waals surface area contributed by atoms with Crippen molar-refractivity contribution in [2.45, 2.75) is 0 Å². The van der Waals surface area contributed by atoms with Crippen molar-refractivity contribution in [2.75, 3.05) is 0 Å². The van der Waals surface area contributed by atoms with Crippen molar-refractivity contribution in [3.8, 4) is 0 Å². The van der Waals surface area contributed by atoms with Gasteiger partial charge in [-0.1, -0.05) is 18.2 Å². The number of nitrogens with one attached hydrogen (secondary N) is 1. The fourth-order valence-electron chi connectivity index (χ4n) is 0.995. The van der Waals surface area contributed by atoms with E-state index in [1.54, 1.807) is 0 Å².